The molecule has 1 heterocycles. The van der Waals surface area contributed by atoms with E-state index in [1.807, 2.05) is 25.1 Å². The molecule has 1 aromatic rings. The predicted molar refractivity (Wildman–Crippen MR) is 65.7 cm³/mol. The van der Waals surface area contributed by atoms with Gasteiger partial charge in [-0.25, -0.2) is 4.98 Å². The van der Waals surface area contributed by atoms with E-state index in [-0.39, 0.29) is 11.9 Å². The van der Waals surface area contributed by atoms with Crippen molar-refractivity contribution >= 4 is 17.4 Å². The maximum Gasteiger partial charge on any atom is 0.241 e. The summed E-state index contributed by atoms with van der Waals surface area (Å²) in [4.78, 5) is 17.8. The number of carbonyl (C=O) groups excluding carboxylic acids is 1. The van der Waals surface area contributed by atoms with Crippen molar-refractivity contribution in [2.45, 2.75) is 13.0 Å². The molecule has 0 bridgehead atoms. The van der Waals surface area contributed by atoms with Crippen LogP contribution in [0, 0.1) is 0 Å². The average molecular weight is 222 g/mol. The summed E-state index contributed by atoms with van der Waals surface area (Å²) in [6.07, 6.45) is 1.70. The van der Waals surface area contributed by atoms with E-state index in [0.717, 1.165) is 11.5 Å². The lowest BCUT2D eigenvalue weighted by molar-refractivity contribution is -0.117. The van der Waals surface area contributed by atoms with Crippen molar-refractivity contribution in [3.05, 3.63) is 18.3 Å². The SMILES string of the molecule is CNC(C)C(=O)Nc1cccnc1N(C)C. The monoisotopic (exact) mass is 222 g/mol. The molecule has 1 unspecified atom stereocenters. The second-order valence-corrected chi connectivity index (χ2v) is 3.77. The maximum atomic E-state index is 11.7. The molecule has 0 aliphatic heterocycles. The topological polar surface area (TPSA) is 57.3 Å². The van der Waals surface area contributed by atoms with Gasteiger partial charge < -0.3 is 15.5 Å². The van der Waals surface area contributed by atoms with E-state index < -0.39 is 0 Å². The number of carbonyl (C=O) groups is 1. The van der Waals surface area contributed by atoms with Crippen LogP contribution >= 0.6 is 0 Å². The molecule has 1 amide bonds. The molecule has 0 spiro atoms. The van der Waals surface area contributed by atoms with E-state index in [1.54, 1.807) is 26.2 Å². The zero-order valence-corrected chi connectivity index (χ0v) is 10.1. The first-order valence-electron chi connectivity index (χ1n) is 5.16. The first kappa shape index (κ1) is 12.4. The number of rotatable bonds is 4. The van der Waals surface area contributed by atoms with Crippen LogP contribution in [0.5, 0.6) is 0 Å². The van der Waals surface area contributed by atoms with Crippen molar-refractivity contribution in [3.8, 4) is 0 Å². The van der Waals surface area contributed by atoms with Crippen molar-refractivity contribution in [1.82, 2.24) is 10.3 Å². The molecule has 16 heavy (non-hydrogen) atoms. The highest BCUT2D eigenvalue weighted by Crippen LogP contribution is 2.20. The van der Waals surface area contributed by atoms with Crippen molar-refractivity contribution in [3.63, 3.8) is 0 Å². The Labute approximate surface area is 95.9 Å². The van der Waals surface area contributed by atoms with Gasteiger partial charge in [0, 0.05) is 20.3 Å². The summed E-state index contributed by atoms with van der Waals surface area (Å²) < 4.78 is 0. The number of aromatic nitrogens is 1. The predicted octanol–water partition coefficient (Wildman–Crippen LogP) is 0.694. The van der Waals surface area contributed by atoms with Crippen molar-refractivity contribution in [1.29, 1.82) is 0 Å². The van der Waals surface area contributed by atoms with E-state index >= 15 is 0 Å². The maximum absolute atomic E-state index is 11.7. The van der Waals surface area contributed by atoms with Crippen molar-refractivity contribution < 1.29 is 4.79 Å². The van der Waals surface area contributed by atoms with Gasteiger partial charge in [0.05, 0.1) is 11.7 Å². The normalized spacial score (nSPS) is 12.0. The van der Waals surface area contributed by atoms with Gasteiger partial charge in [0.1, 0.15) is 0 Å². The largest absolute Gasteiger partial charge is 0.361 e. The molecule has 0 radical (unpaired) electrons. The van der Waals surface area contributed by atoms with E-state index in [4.69, 9.17) is 0 Å². The molecule has 1 atom stereocenters. The number of amides is 1. The van der Waals surface area contributed by atoms with Gasteiger partial charge in [0.2, 0.25) is 5.91 Å². The molecular formula is C11H18N4O. The molecule has 1 rings (SSSR count). The summed E-state index contributed by atoms with van der Waals surface area (Å²) in [5.41, 5.74) is 0.722. The van der Waals surface area contributed by atoms with Crippen LogP contribution in [0.3, 0.4) is 0 Å². The fourth-order valence-electron chi connectivity index (χ4n) is 1.22. The van der Waals surface area contributed by atoms with E-state index in [9.17, 15) is 4.79 Å². The van der Waals surface area contributed by atoms with Crippen LogP contribution in [0.25, 0.3) is 0 Å². The summed E-state index contributed by atoms with van der Waals surface area (Å²) in [6.45, 7) is 1.81. The first-order valence-corrected chi connectivity index (χ1v) is 5.16. The third kappa shape index (κ3) is 2.93. The minimum Gasteiger partial charge on any atom is -0.361 e. The minimum atomic E-state index is -0.227. The van der Waals surface area contributed by atoms with Gasteiger partial charge in [-0.2, -0.15) is 0 Å². The second-order valence-electron chi connectivity index (χ2n) is 3.77. The standard InChI is InChI=1S/C11H18N4O/c1-8(12-2)11(16)14-9-6-5-7-13-10(9)15(3)4/h5-8,12H,1-4H3,(H,14,16). The summed E-state index contributed by atoms with van der Waals surface area (Å²) in [5, 5.41) is 5.72. The lowest BCUT2D eigenvalue weighted by atomic mass is 10.3. The number of anilines is 2. The van der Waals surface area contributed by atoms with Crippen LogP contribution in [-0.2, 0) is 4.79 Å². The lowest BCUT2D eigenvalue weighted by Gasteiger charge is -2.17. The van der Waals surface area contributed by atoms with E-state index in [1.165, 1.54) is 0 Å². The highest BCUT2D eigenvalue weighted by atomic mass is 16.2. The average Bonchev–Trinajstić information content (AvgIpc) is 2.28. The van der Waals surface area contributed by atoms with Crippen LogP contribution in [0.1, 0.15) is 6.92 Å². The third-order valence-electron chi connectivity index (χ3n) is 2.29. The van der Waals surface area contributed by atoms with Gasteiger partial charge in [-0.3, -0.25) is 4.79 Å². The van der Waals surface area contributed by atoms with Crippen LogP contribution in [-0.4, -0.2) is 38.1 Å². The lowest BCUT2D eigenvalue weighted by Crippen LogP contribution is -2.35. The zero-order chi connectivity index (χ0) is 12.1. The Bertz CT molecular complexity index is 365. The Hall–Kier alpha value is -1.62. The molecule has 5 nitrogen and oxygen atoms in total. The molecule has 2 N–H and O–H groups in total. The van der Waals surface area contributed by atoms with Gasteiger partial charge in [0.25, 0.3) is 0 Å². The van der Waals surface area contributed by atoms with E-state index in [0.29, 0.717) is 0 Å². The summed E-state index contributed by atoms with van der Waals surface area (Å²) >= 11 is 0. The Morgan fingerprint density at radius 1 is 1.50 bits per heavy atom. The Morgan fingerprint density at radius 3 is 2.75 bits per heavy atom. The van der Waals surface area contributed by atoms with Crippen molar-refractivity contribution in [2.24, 2.45) is 0 Å². The number of hydrogen-bond acceptors (Lipinski definition) is 4. The summed E-state index contributed by atoms with van der Waals surface area (Å²) in [5.74, 6) is 0.678. The Balaban J connectivity index is 2.84. The first-order chi connectivity index (χ1) is 7.56. The summed E-state index contributed by atoms with van der Waals surface area (Å²) in [7, 11) is 5.53. The van der Waals surface area contributed by atoms with Crippen LogP contribution in [0.15, 0.2) is 18.3 Å². The number of nitrogens with one attached hydrogen (secondary N) is 2. The molecule has 88 valence electrons. The van der Waals surface area contributed by atoms with Crippen LogP contribution in [0.4, 0.5) is 11.5 Å². The smallest absolute Gasteiger partial charge is 0.241 e. The van der Waals surface area contributed by atoms with Crippen molar-refractivity contribution in [2.75, 3.05) is 31.4 Å². The van der Waals surface area contributed by atoms with Gasteiger partial charge in [-0.1, -0.05) is 0 Å². The zero-order valence-electron chi connectivity index (χ0n) is 10.1. The fraction of sp³-hybridized carbons (Fsp3) is 0.455. The molecule has 0 saturated carbocycles. The van der Waals surface area contributed by atoms with Gasteiger partial charge in [0.15, 0.2) is 5.82 Å². The second kappa shape index (κ2) is 5.46. The highest BCUT2D eigenvalue weighted by molar-refractivity contribution is 5.96. The molecule has 0 aliphatic rings. The minimum absolute atomic E-state index is 0.0707. The molecule has 0 aliphatic carbocycles. The molecule has 0 saturated heterocycles. The van der Waals surface area contributed by atoms with Gasteiger partial charge in [-0.15, -0.1) is 0 Å². The molecule has 0 aromatic carbocycles. The van der Waals surface area contributed by atoms with E-state index in [2.05, 4.69) is 15.6 Å². The fourth-order valence-corrected chi connectivity index (χ4v) is 1.22. The van der Waals surface area contributed by atoms with Gasteiger partial charge in [-0.05, 0) is 26.1 Å². The molecule has 0 fully saturated rings. The Kier molecular flexibility index (Phi) is 4.25. The number of likely N-dealkylation sites (N-methyl/N-ethyl adjacent to an activating group) is 1. The highest BCUT2D eigenvalue weighted by Gasteiger charge is 2.13. The summed E-state index contributed by atoms with van der Waals surface area (Å²) in [6, 6.07) is 3.41. The molecule has 5 heteroatoms. The number of nitrogens with zero attached hydrogens (tertiary/aromatic N) is 2. The Morgan fingerprint density at radius 2 is 2.19 bits per heavy atom. The van der Waals surface area contributed by atoms with Crippen LogP contribution < -0.4 is 15.5 Å². The van der Waals surface area contributed by atoms with Crippen LogP contribution in [0.2, 0.25) is 0 Å². The third-order valence-corrected chi connectivity index (χ3v) is 2.29. The molecule has 1 aromatic heterocycles. The molecular weight excluding hydrogens is 204 g/mol. The number of pyridine rings is 1. The quantitative estimate of drug-likeness (QED) is 0.787. The van der Waals surface area contributed by atoms with Gasteiger partial charge >= 0.3 is 0 Å². The number of hydrogen-bond donors (Lipinski definition) is 2.